The second-order valence-electron chi connectivity index (χ2n) is 7.49. The van der Waals surface area contributed by atoms with Gasteiger partial charge in [0, 0.05) is 29.2 Å². The number of benzene rings is 3. The van der Waals surface area contributed by atoms with Gasteiger partial charge in [-0.2, -0.15) is 5.26 Å². The summed E-state index contributed by atoms with van der Waals surface area (Å²) in [6.45, 7) is 0.572. The summed E-state index contributed by atoms with van der Waals surface area (Å²) >= 11 is 0. The molecule has 32 heavy (non-hydrogen) atoms. The number of rotatable bonds is 8. The molecule has 6 nitrogen and oxygen atoms in total. The van der Waals surface area contributed by atoms with E-state index >= 15 is 0 Å². The minimum atomic E-state index is -1.01. The average molecular weight is 423 g/mol. The maximum atomic E-state index is 13.5. The maximum Gasteiger partial charge on any atom is 0.335 e. The van der Waals surface area contributed by atoms with Crippen LogP contribution in [0.25, 0.3) is 10.9 Å². The molecule has 1 aromatic heterocycles. The Balaban J connectivity index is 1.57. The molecule has 0 saturated carbocycles. The van der Waals surface area contributed by atoms with Gasteiger partial charge in [0.1, 0.15) is 0 Å². The summed E-state index contributed by atoms with van der Waals surface area (Å²) in [5, 5.41) is 22.2. The van der Waals surface area contributed by atoms with Crippen molar-refractivity contribution >= 4 is 22.7 Å². The van der Waals surface area contributed by atoms with Gasteiger partial charge in [-0.25, -0.2) is 4.79 Å². The molecular weight excluding hydrogens is 402 g/mol. The largest absolute Gasteiger partial charge is 0.478 e. The molecule has 3 N–H and O–H groups in total. The fourth-order valence-corrected chi connectivity index (χ4v) is 3.73. The number of H-pyrrole nitrogens is 1. The monoisotopic (exact) mass is 423 g/mol. The zero-order chi connectivity index (χ0) is 22.5. The molecule has 4 rings (SSSR count). The van der Waals surface area contributed by atoms with Crippen molar-refractivity contribution in [1.82, 2.24) is 10.3 Å². The molecule has 4 aromatic rings. The highest BCUT2D eigenvalue weighted by Gasteiger charge is 2.24. The Hall–Kier alpha value is -4.21. The Morgan fingerprint density at radius 3 is 2.47 bits per heavy atom. The number of hydrogen-bond acceptors (Lipinski definition) is 4. The third-order valence-electron chi connectivity index (χ3n) is 5.43. The standard InChI is InChI=1S/C26H21N3O3/c27-15-18-8-6-17(7-9-18)12-13-28-24(19-4-2-1-3-5-19)25(30)22-16-29-23-14-20(26(31)32)10-11-21(22)23/h1-11,14,16,24,28-29H,12-13H2,(H,31,32)/t24-/m1/s1. The number of carbonyl (C=O) groups is 2. The quantitative estimate of drug-likeness (QED) is 0.362. The van der Waals surface area contributed by atoms with Gasteiger partial charge >= 0.3 is 5.97 Å². The van der Waals surface area contributed by atoms with Gasteiger partial charge in [-0.1, -0.05) is 48.5 Å². The SMILES string of the molecule is N#Cc1ccc(CCN[C@@H](C(=O)c2c[nH]c3cc(C(=O)O)ccc23)c2ccccc2)cc1. The van der Waals surface area contributed by atoms with Crippen molar-refractivity contribution in [3.8, 4) is 6.07 Å². The van der Waals surface area contributed by atoms with E-state index in [-0.39, 0.29) is 11.3 Å². The van der Waals surface area contributed by atoms with Crippen molar-refractivity contribution in [1.29, 1.82) is 5.26 Å². The number of carboxylic acid groups (broad SMARTS) is 1. The Labute approximate surface area is 185 Å². The van der Waals surface area contributed by atoms with Gasteiger partial charge in [0.15, 0.2) is 5.78 Å². The van der Waals surface area contributed by atoms with Crippen LogP contribution in [0.2, 0.25) is 0 Å². The molecule has 1 heterocycles. The lowest BCUT2D eigenvalue weighted by Gasteiger charge is -2.18. The van der Waals surface area contributed by atoms with Crippen molar-refractivity contribution in [2.45, 2.75) is 12.5 Å². The van der Waals surface area contributed by atoms with Crippen LogP contribution in [-0.2, 0) is 6.42 Å². The molecule has 0 aliphatic heterocycles. The number of aromatic carboxylic acids is 1. The Morgan fingerprint density at radius 2 is 1.78 bits per heavy atom. The van der Waals surface area contributed by atoms with Crippen LogP contribution in [0.15, 0.2) is 79.0 Å². The van der Waals surface area contributed by atoms with Gasteiger partial charge in [-0.3, -0.25) is 4.79 Å². The van der Waals surface area contributed by atoms with Crippen LogP contribution in [0.1, 0.15) is 43.4 Å². The average Bonchev–Trinajstić information content (AvgIpc) is 3.26. The summed E-state index contributed by atoms with van der Waals surface area (Å²) in [5.41, 5.74) is 3.83. The minimum Gasteiger partial charge on any atom is -0.478 e. The molecule has 1 atom stereocenters. The van der Waals surface area contributed by atoms with E-state index < -0.39 is 12.0 Å². The highest BCUT2D eigenvalue weighted by molar-refractivity contribution is 6.11. The number of carbonyl (C=O) groups excluding carboxylic acids is 1. The van der Waals surface area contributed by atoms with E-state index in [4.69, 9.17) is 5.26 Å². The number of hydrogen-bond donors (Lipinski definition) is 3. The molecule has 158 valence electrons. The van der Waals surface area contributed by atoms with Crippen LogP contribution in [0, 0.1) is 11.3 Å². The van der Waals surface area contributed by atoms with Crippen molar-refractivity contribution in [2.75, 3.05) is 6.54 Å². The maximum absolute atomic E-state index is 13.5. The second-order valence-corrected chi connectivity index (χ2v) is 7.49. The van der Waals surface area contributed by atoms with Crippen LogP contribution in [0.3, 0.4) is 0 Å². The smallest absolute Gasteiger partial charge is 0.335 e. The lowest BCUT2D eigenvalue weighted by atomic mass is 9.96. The minimum absolute atomic E-state index is 0.0923. The fourth-order valence-electron chi connectivity index (χ4n) is 3.73. The van der Waals surface area contributed by atoms with Gasteiger partial charge < -0.3 is 15.4 Å². The van der Waals surface area contributed by atoms with Crippen molar-refractivity contribution in [3.05, 3.63) is 107 Å². The molecule has 0 aliphatic carbocycles. The number of Topliss-reactive ketones (excluding diaryl/α,β-unsaturated/α-hetero) is 1. The van der Waals surface area contributed by atoms with E-state index in [2.05, 4.69) is 16.4 Å². The molecule has 0 bridgehead atoms. The first-order valence-corrected chi connectivity index (χ1v) is 10.2. The van der Waals surface area contributed by atoms with Crippen LogP contribution < -0.4 is 5.32 Å². The van der Waals surface area contributed by atoms with Gasteiger partial charge in [0.05, 0.1) is 23.2 Å². The normalized spacial score (nSPS) is 11.7. The van der Waals surface area contributed by atoms with E-state index in [1.165, 1.54) is 12.1 Å². The number of nitrogens with one attached hydrogen (secondary N) is 2. The number of aromatic amines is 1. The first-order chi connectivity index (χ1) is 15.6. The van der Waals surface area contributed by atoms with Gasteiger partial charge in [-0.05, 0) is 41.8 Å². The Kier molecular flexibility index (Phi) is 6.11. The molecule has 0 amide bonds. The number of aromatic nitrogens is 1. The molecular formula is C26H21N3O3. The van der Waals surface area contributed by atoms with E-state index in [0.29, 0.717) is 35.0 Å². The molecule has 6 heteroatoms. The van der Waals surface area contributed by atoms with Crippen molar-refractivity contribution in [2.24, 2.45) is 0 Å². The molecule has 0 unspecified atom stereocenters. The highest BCUT2D eigenvalue weighted by Crippen LogP contribution is 2.26. The molecule has 0 aliphatic rings. The predicted molar refractivity (Wildman–Crippen MR) is 122 cm³/mol. The van der Waals surface area contributed by atoms with Gasteiger partial charge in [-0.15, -0.1) is 0 Å². The summed E-state index contributed by atoms with van der Waals surface area (Å²) in [7, 11) is 0. The number of carboxylic acids is 1. The molecule has 0 saturated heterocycles. The first-order valence-electron chi connectivity index (χ1n) is 10.2. The number of nitriles is 1. The van der Waals surface area contributed by atoms with Crippen LogP contribution >= 0.6 is 0 Å². The fraction of sp³-hybridized carbons (Fsp3) is 0.115. The van der Waals surface area contributed by atoms with Crippen molar-refractivity contribution < 1.29 is 14.7 Å². The third-order valence-corrected chi connectivity index (χ3v) is 5.43. The second kappa shape index (κ2) is 9.29. The summed E-state index contributed by atoms with van der Waals surface area (Å²) in [5.74, 6) is -1.11. The van der Waals surface area contributed by atoms with Crippen molar-refractivity contribution in [3.63, 3.8) is 0 Å². The predicted octanol–water partition coefficient (Wildman–Crippen LogP) is 4.49. The number of nitrogens with zero attached hydrogens (tertiary/aromatic N) is 1. The summed E-state index contributed by atoms with van der Waals surface area (Å²) in [6.07, 6.45) is 2.34. The first kappa shape index (κ1) is 21.0. The lowest BCUT2D eigenvalue weighted by molar-refractivity contribution is 0.0696. The van der Waals surface area contributed by atoms with Crippen LogP contribution in [0.5, 0.6) is 0 Å². The molecule has 0 fully saturated rings. The van der Waals surface area contributed by atoms with Crippen LogP contribution in [0.4, 0.5) is 0 Å². The van der Waals surface area contributed by atoms with E-state index in [1.807, 2.05) is 42.5 Å². The topological polar surface area (TPSA) is 106 Å². The Bertz CT molecular complexity index is 1300. The molecule has 3 aromatic carbocycles. The highest BCUT2D eigenvalue weighted by atomic mass is 16.4. The summed E-state index contributed by atoms with van der Waals surface area (Å²) < 4.78 is 0. The van der Waals surface area contributed by atoms with E-state index in [9.17, 15) is 14.7 Å². The lowest BCUT2D eigenvalue weighted by Crippen LogP contribution is -2.30. The zero-order valence-electron chi connectivity index (χ0n) is 17.2. The summed E-state index contributed by atoms with van der Waals surface area (Å²) in [4.78, 5) is 27.8. The molecule has 0 radical (unpaired) electrons. The van der Waals surface area contributed by atoms with Crippen LogP contribution in [-0.4, -0.2) is 28.4 Å². The van der Waals surface area contributed by atoms with E-state index in [1.54, 1.807) is 24.4 Å². The Morgan fingerprint density at radius 1 is 1.03 bits per heavy atom. The van der Waals surface area contributed by atoms with E-state index in [0.717, 1.165) is 11.1 Å². The molecule has 0 spiro atoms. The van der Waals surface area contributed by atoms with Gasteiger partial charge in [0.2, 0.25) is 0 Å². The summed E-state index contributed by atoms with van der Waals surface area (Å²) in [6, 6.07) is 23.2. The zero-order valence-corrected chi connectivity index (χ0v) is 17.2. The number of ketones is 1. The van der Waals surface area contributed by atoms with Gasteiger partial charge in [0.25, 0.3) is 0 Å². The third kappa shape index (κ3) is 4.43. The number of fused-ring (bicyclic) bond motifs is 1.